The maximum atomic E-state index is 13.1. The van der Waals surface area contributed by atoms with Crippen LogP contribution in [0.5, 0.6) is 5.75 Å². The van der Waals surface area contributed by atoms with Crippen molar-refractivity contribution >= 4 is 29.0 Å². The molecule has 2 aromatic carbocycles. The SMILES string of the molecule is COc1ccccc1-c1nc(CN2C(=O)NC(C)(c3ccc([N+](=O)[O-])cc3)C2=O)cs1. The van der Waals surface area contributed by atoms with E-state index in [9.17, 15) is 19.7 Å². The number of hydrogen-bond acceptors (Lipinski definition) is 7. The van der Waals surface area contributed by atoms with E-state index in [2.05, 4.69) is 10.3 Å². The van der Waals surface area contributed by atoms with Crippen molar-refractivity contribution in [2.45, 2.75) is 19.0 Å². The number of urea groups is 1. The van der Waals surface area contributed by atoms with Crippen molar-refractivity contribution in [1.29, 1.82) is 0 Å². The molecule has 158 valence electrons. The van der Waals surface area contributed by atoms with Crippen molar-refractivity contribution in [2.75, 3.05) is 7.11 Å². The van der Waals surface area contributed by atoms with E-state index in [1.165, 1.54) is 35.6 Å². The number of para-hydroxylation sites is 1. The van der Waals surface area contributed by atoms with Crippen molar-refractivity contribution in [1.82, 2.24) is 15.2 Å². The van der Waals surface area contributed by atoms with Gasteiger partial charge in [0.1, 0.15) is 16.3 Å². The van der Waals surface area contributed by atoms with E-state index >= 15 is 0 Å². The second kappa shape index (κ2) is 7.80. The van der Waals surface area contributed by atoms with Crippen LogP contribution in [0, 0.1) is 10.1 Å². The second-order valence-electron chi connectivity index (χ2n) is 7.09. The summed E-state index contributed by atoms with van der Waals surface area (Å²) in [7, 11) is 1.58. The van der Waals surface area contributed by atoms with Gasteiger partial charge in [0.25, 0.3) is 11.6 Å². The van der Waals surface area contributed by atoms with Gasteiger partial charge in [-0.2, -0.15) is 0 Å². The van der Waals surface area contributed by atoms with Gasteiger partial charge in [-0.1, -0.05) is 12.1 Å². The number of amides is 3. The number of carbonyl (C=O) groups is 2. The summed E-state index contributed by atoms with van der Waals surface area (Å²) in [6, 6.07) is 12.5. The van der Waals surface area contributed by atoms with E-state index in [-0.39, 0.29) is 12.2 Å². The number of non-ortho nitro benzene ring substituents is 1. The summed E-state index contributed by atoms with van der Waals surface area (Å²) in [4.78, 5) is 41.7. The standard InChI is InChI=1S/C21H18N4O5S/c1-21(13-7-9-15(10-8-13)25(28)29)19(26)24(20(27)23-21)11-14-12-31-18(22-14)16-5-3-4-6-17(16)30-2/h3-10,12H,11H2,1-2H3,(H,23,27). The molecular weight excluding hydrogens is 420 g/mol. The topological polar surface area (TPSA) is 115 Å². The number of carbonyl (C=O) groups excluding carboxylic acids is 2. The van der Waals surface area contributed by atoms with Crippen LogP contribution in [0.25, 0.3) is 10.6 Å². The van der Waals surface area contributed by atoms with Gasteiger partial charge in [-0.3, -0.25) is 19.8 Å². The minimum absolute atomic E-state index is 0.0128. The highest BCUT2D eigenvalue weighted by Gasteiger charge is 2.49. The summed E-state index contributed by atoms with van der Waals surface area (Å²) < 4.78 is 5.37. The molecule has 31 heavy (non-hydrogen) atoms. The quantitative estimate of drug-likeness (QED) is 0.357. The van der Waals surface area contributed by atoms with E-state index in [0.29, 0.717) is 17.0 Å². The molecule has 1 aliphatic rings. The molecule has 10 heteroatoms. The lowest BCUT2D eigenvalue weighted by Crippen LogP contribution is -2.40. The van der Waals surface area contributed by atoms with Gasteiger partial charge in [-0.25, -0.2) is 9.78 Å². The van der Waals surface area contributed by atoms with Crippen molar-refractivity contribution in [3.05, 3.63) is 75.3 Å². The molecule has 0 aliphatic carbocycles. The summed E-state index contributed by atoms with van der Waals surface area (Å²) in [6.07, 6.45) is 0. The summed E-state index contributed by atoms with van der Waals surface area (Å²) in [5, 5.41) is 16.1. The fourth-order valence-corrected chi connectivity index (χ4v) is 4.28. The molecule has 1 aromatic heterocycles. The second-order valence-corrected chi connectivity index (χ2v) is 7.95. The highest BCUT2D eigenvalue weighted by Crippen LogP contribution is 2.34. The van der Waals surface area contributed by atoms with Crippen LogP contribution < -0.4 is 10.1 Å². The Labute approximate surface area is 181 Å². The van der Waals surface area contributed by atoms with E-state index in [0.717, 1.165) is 15.5 Å². The van der Waals surface area contributed by atoms with Crippen molar-refractivity contribution < 1.29 is 19.2 Å². The molecule has 1 N–H and O–H groups in total. The van der Waals surface area contributed by atoms with Gasteiger partial charge < -0.3 is 10.1 Å². The Morgan fingerprint density at radius 2 is 1.90 bits per heavy atom. The van der Waals surface area contributed by atoms with Gasteiger partial charge in [-0.05, 0) is 36.8 Å². The van der Waals surface area contributed by atoms with Gasteiger partial charge >= 0.3 is 6.03 Å². The highest BCUT2D eigenvalue weighted by molar-refractivity contribution is 7.13. The fourth-order valence-electron chi connectivity index (χ4n) is 3.44. The average Bonchev–Trinajstić information content (AvgIpc) is 3.33. The Morgan fingerprint density at radius 3 is 2.58 bits per heavy atom. The van der Waals surface area contributed by atoms with Gasteiger partial charge in [-0.15, -0.1) is 11.3 Å². The van der Waals surface area contributed by atoms with Crippen molar-refractivity contribution in [2.24, 2.45) is 0 Å². The first-order valence-electron chi connectivity index (χ1n) is 9.30. The Balaban J connectivity index is 1.56. The molecular formula is C21H18N4O5S. The molecule has 0 bridgehead atoms. The Bertz CT molecular complexity index is 1180. The lowest BCUT2D eigenvalue weighted by molar-refractivity contribution is -0.384. The number of benzene rings is 2. The number of ether oxygens (including phenoxy) is 1. The molecule has 2 heterocycles. The van der Waals surface area contributed by atoms with Gasteiger partial charge in [0.15, 0.2) is 0 Å². The predicted octanol–water partition coefficient (Wildman–Crippen LogP) is 3.69. The van der Waals surface area contributed by atoms with Crippen LogP contribution in [-0.2, 0) is 16.9 Å². The first kappa shape index (κ1) is 20.5. The highest BCUT2D eigenvalue weighted by atomic mass is 32.1. The minimum Gasteiger partial charge on any atom is -0.496 e. The number of nitrogens with one attached hydrogen (secondary N) is 1. The van der Waals surface area contributed by atoms with Gasteiger partial charge in [0, 0.05) is 17.5 Å². The lowest BCUT2D eigenvalue weighted by atomic mass is 9.92. The summed E-state index contributed by atoms with van der Waals surface area (Å²) in [5.74, 6) is 0.238. The van der Waals surface area contributed by atoms with Crippen molar-refractivity contribution in [3.8, 4) is 16.3 Å². The zero-order chi connectivity index (χ0) is 22.2. The monoisotopic (exact) mass is 438 g/mol. The average molecular weight is 438 g/mol. The molecule has 9 nitrogen and oxygen atoms in total. The van der Waals surface area contributed by atoms with Crippen LogP contribution in [0.2, 0.25) is 0 Å². The molecule has 1 fully saturated rings. The van der Waals surface area contributed by atoms with Gasteiger partial charge in [0.05, 0.1) is 29.8 Å². The molecule has 0 radical (unpaired) electrons. The summed E-state index contributed by atoms with van der Waals surface area (Å²) in [6.45, 7) is 1.59. The van der Waals surface area contributed by atoms with Crippen LogP contribution >= 0.6 is 11.3 Å². The largest absolute Gasteiger partial charge is 0.496 e. The first-order valence-corrected chi connectivity index (χ1v) is 10.2. The molecule has 0 saturated carbocycles. The first-order chi connectivity index (χ1) is 14.8. The van der Waals surface area contributed by atoms with Crippen LogP contribution in [0.1, 0.15) is 18.2 Å². The molecule has 4 rings (SSSR count). The maximum Gasteiger partial charge on any atom is 0.325 e. The van der Waals surface area contributed by atoms with Crippen LogP contribution in [-0.4, -0.2) is 33.9 Å². The smallest absolute Gasteiger partial charge is 0.325 e. The lowest BCUT2D eigenvalue weighted by Gasteiger charge is -2.21. The van der Waals surface area contributed by atoms with Crippen LogP contribution in [0.3, 0.4) is 0 Å². The minimum atomic E-state index is -1.31. The van der Waals surface area contributed by atoms with Crippen LogP contribution in [0.4, 0.5) is 10.5 Å². The van der Waals surface area contributed by atoms with E-state index in [4.69, 9.17) is 4.74 Å². The van der Waals surface area contributed by atoms with Crippen LogP contribution in [0.15, 0.2) is 53.9 Å². The Morgan fingerprint density at radius 1 is 1.19 bits per heavy atom. The third kappa shape index (κ3) is 3.61. The number of aromatic nitrogens is 1. The Hall–Kier alpha value is -3.79. The zero-order valence-electron chi connectivity index (χ0n) is 16.7. The molecule has 3 amide bonds. The molecule has 1 saturated heterocycles. The van der Waals surface area contributed by atoms with E-state index in [1.54, 1.807) is 19.4 Å². The number of nitrogens with zero attached hydrogens (tertiary/aromatic N) is 3. The molecule has 1 atom stereocenters. The van der Waals surface area contributed by atoms with Gasteiger partial charge in [0.2, 0.25) is 0 Å². The van der Waals surface area contributed by atoms with E-state index in [1.807, 2.05) is 24.3 Å². The number of thiazole rings is 1. The fraction of sp³-hybridized carbons (Fsp3) is 0.190. The number of hydrogen-bond donors (Lipinski definition) is 1. The maximum absolute atomic E-state index is 13.1. The molecule has 0 spiro atoms. The molecule has 1 aliphatic heterocycles. The number of imide groups is 1. The summed E-state index contributed by atoms with van der Waals surface area (Å²) >= 11 is 1.39. The molecule has 3 aromatic rings. The predicted molar refractivity (Wildman–Crippen MR) is 114 cm³/mol. The van der Waals surface area contributed by atoms with E-state index < -0.39 is 22.4 Å². The normalized spacial score (nSPS) is 18.2. The Kier molecular flexibility index (Phi) is 5.15. The number of methoxy groups -OCH3 is 1. The number of nitro groups is 1. The number of rotatable bonds is 6. The van der Waals surface area contributed by atoms with Crippen molar-refractivity contribution in [3.63, 3.8) is 0 Å². The summed E-state index contributed by atoms with van der Waals surface area (Å²) in [5.41, 5.74) is 0.462. The molecule has 1 unspecified atom stereocenters. The number of nitro benzene ring substituents is 1. The third-order valence-corrected chi connectivity index (χ3v) is 6.06. The third-order valence-electron chi connectivity index (χ3n) is 5.14. The zero-order valence-corrected chi connectivity index (χ0v) is 17.5.